The third kappa shape index (κ3) is 2.30. The highest BCUT2D eigenvalue weighted by molar-refractivity contribution is 6.30. The molecular weight excluding hydrogens is 212 g/mol. The Hall–Kier alpha value is -1.06. The fourth-order valence-corrected chi connectivity index (χ4v) is 1.93. The van der Waals surface area contributed by atoms with E-state index in [1.54, 1.807) is 4.90 Å². The predicted octanol–water partition coefficient (Wildman–Crippen LogP) is 1.44. The van der Waals surface area contributed by atoms with E-state index in [9.17, 15) is 4.79 Å². The molecule has 1 aliphatic rings. The summed E-state index contributed by atoms with van der Waals surface area (Å²) >= 11 is 5.92. The number of hydrogen-bond donors (Lipinski definition) is 1. The summed E-state index contributed by atoms with van der Waals surface area (Å²) in [4.78, 5) is 13.0. The lowest BCUT2D eigenvalue weighted by Crippen LogP contribution is -2.47. The monoisotopic (exact) mass is 224 g/mol. The minimum atomic E-state index is 0.133. The number of carbonyl (C=O) groups is 1. The van der Waals surface area contributed by atoms with Crippen LogP contribution in [0.5, 0.6) is 0 Å². The minimum absolute atomic E-state index is 0.133. The third-order valence-electron chi connectivity index (χ3n) is 2.63. The van der Waals surface area contributed by atoms with Crippen LogP contribution in [0.4, 0.5) is 0 Å². The quantitative estimate of drug-likeness (QED) is 0.783. The van der Waals surface area contributed by atoms with E-state index in [1.165, 1.54) is 0 Å². The molecule has 1 atom stereocenters. The van der Waals surface area contributed by atoms with Gasteiger partial charge in [0, 0.05) is 18.6 Å². The van der Waals surface area contributed by atoms with Gasteiger partial charge in [-0.15, -0.1) is 0 Å². The van der Waals surface area contributed by atoms with Crippen molar-refractivity contribution in [1.82, 2.24) is 10.2 Å². The third-order valence-corrected chi connectivity index (χ3v) is 2.87. The molecule has 0 spiro atoms. The average Bonchev–Trinajstić information content (AvgIpc) is 2.22. The molecule has 80 valence electrons. The number of carbonyl (C=O) groups excluding carboxylic acids is 1. The number of halogens is 1. The van der Waals surface area contributed by atoms with Crippen LogP contribution in [0.15, 0.2) is 24.3 Å². The maximum Gasteiger partial charge on any atom is 0.236 e. The smallest absolute Gasteiger partial charge is 0.236 e. The average molecular weight is 225 g/mol. The molecule has 0 radical (unpaired) electrons. The van der Waals surface area contributed by atoms with Crippen LogP contribution in [-0.2, 0) is 4.79 Å². The van der Waals surface area contributed by atoms with Gasteiger partial charge in [-0.25, -0.2) is 0 Å². The van der Waals surface area contributed by atoms with Crippen molar-refractivity contribution in [1.29, 1.82) is 0 Å². The Bertz CT molecular complexity index is 381. The molecule has 1 aliphatic heterocycles. The van der Waals surface area contributed by atoms with Crippen molar-refractivity contribution in [2.24, 2.45) is 0 Å². The van der Waals surface area contributed by atoms with Gasteiger partial charge in [0.1, 0.15) is 0 Å². The summed E-state index contributed by atoms with van der Waals surface area (Å²) in [6.07, 6.45) is 0. The first kappa shape index (κ1) is 10.5. The lowest BCUT2D eigenvalue weighted by molar-refractivity contribution is -0.131. The number of nitrogens with zero attached hydrogens (tertiary/aromatic N) is 1. The number of piperazine rings is 1. The molecule has 15 heavy (non-hydrogen) atoms. The number of nitrogens with one attached hydrogen (secondary N) is 1. The van der Waals surface area contributed by atoms with Crippen LogP contribution in [0.3, 0.4) is 0 Å². The van der Waals surface area contributed by atoms with Crippen LogP contribution in [0, 0.1) is 0 Å². The molecule has 4 heteroatoms. The number of hydrogen-bond acceptors (Lipinski definition) is 2. The molecule has 1 N–H and O–H groups in total. The van der Waals surface area contributed by atoms with Crippen LogP contribution in [-0.4, -0.2) is 30.9 Å². The van der Waals surface area contributed by atoms with E-state index >= 15 is 0 Å². The van der Waals surface area contributed by atoms with Gasteiger partial charge in [-0.2, -0.15) is 0 Å². The number of likely N-dealkylation sites (N-methyl/N-ethyl adjacent to an activating group) is 1. The summed E-state index contributed by atoms with van der Waals surface area (Å²) in [5, 5.41) is 3.92. The summed E-state index contributed by atoms with van der Waals surface area (Å²) in [6.45, 7) is 1.09. The first-order valence-electron chi connectivity index (χ1n) is 4.89. The first-order chi connectivity index (χ1) is 7.16. The summed E-state index contributed by atoms with van der Waals surface area (Å²) in [5.41, 5.74) is 1.13. The predicted molar refractivity (Wildman–Crippen MR) is 59.8 cm³/mol. The van der Waals surface area contributed by atoms with Crippen LogP contribution >= 0.6 is 11.6 Å². The van der Waals surface area contributed by atoms with Gasteiger partial charge in [-0.3, -0.25) is 10.1 Å². The maximum absolute atomic E-state index is 11.3. The molecule has 1 fully saturated rings. The van der Waals surface area contributed by atoms with E-state index in [2.05, 4.69) is 5.32 Å². The largest absolute Gasteiger partial charge is 0.343 e. The highest BCUT2D eigenvalue weighted by Crippen LogP contribution is 2.20. The number of amides is 1. The normalized spacial score (nSPS) is 21.9. The van der Waals surface area contributed by atoms with Crippen molar-refractivity contribution in [2.45, 2.75) is 6.04 Å². The molecular formula is C11H13ClN2O. The van der Waals surface area contributed by atoms with Crippen LogP contribution < -0.4 is 5.32 Å². The Morgan fingerprint density at radius 3 is 3.00 bits per heavy atom. The molecule has 1 heterocycles. The van der Waals surface area contributed by atoms with Gasteiger partial charge in [-0.1, -0.05) is 23.7 Å². The van der Waals surface area contributed by atoms with E-state index in [1.807, 2.05) is 31.3 Å². The fraction of sp³-hybridized carbons (Fsp3) is 0.364. The first-order valence-corrected chi connectivity index (χ1v) is 5.27. The summed E-state index contributed by atoms with van der Waals surface area (Å²) in [5.74, 6) is 0.133. The molecule has 2 rings (SSSR count). The van der Waals surface area contributed by atoms with Crippen LogP contribution in [0.1, 0.15) is 11.6 Å². The lowest BCUT2D eigenvalue weighted by atomic mass is 10.0. The molecule has 3 nitrogen and oxygen atoms in total. The zero-order chi connectivity index (χ0) is 10.8. The van der Waals surface area contributed by atoms with Gasteiger partial charge in [-0.05, 0) is 17.7 Å². The van der Waals surface area contributed by atoms with Gasteiger partial charge in [0.15, 0.2) is 0 Å². The van der Waals surface area contributed by atoms with E-state index in [0.717, 1.165) is 10.6 Å². The SMILES string of the molecule is CN1CC(c2cccc(Cl)c2)NCC1=O. The molecule has 0 bridgehead atoms. The summed E-state index contributed by atoms with van der Waals surface area (Å²) in [7, 11) is 1.82. The number of benzene rings is 1. The zero-order valence-corrected chi connectivity index (χ0v) is 9.29. The fourth-order valence-electron chi connectivity index (χ4n) is 1.73. The maximum atomic E-state index is 11.3. The van der Waals surface area contributed by atoms with Gasteiger partial charge >= 0.3 is 0 Å². The van der Waals surface area contributed by atoms with Crippen molar-refractivity contribution < 1.29 is 4.79 Å². The van der Waals surface area contributed by atoms with E-state index in [4.69, 9.17) is 11.6 Å². The lowest BCUT2D eigenvalue weighted by Gasteiger charge is -2.31. The van der Waals surface area contributed by atoms with Gasteiger partial charge in [0.2, 0.25) is 5.91 Å². The molecule has 1 unspecified atom stereocenters. The zero-order valence-electron chi connectivity index (χ0n) is 8.53. The highest BCUT2D eigenvalue weighted by Gasteiger charge is 2.23. The Balaban J connectivity index is 2.15. The standard InChI is InChI=1S/C11H13ClN2O/c1-14-7-10(13-6-11(14)15)8-3-2-4-9(12)5-8/h2-5,10,13H,6-7H2,1H3. The second-order valence-corrected chi connectivity index (χ2v) is 4.20. The van der Waals surface area contributed by atoms with Crippen molar-refractivity contribution in [3.8, 4) is 0 Å². The molecule has 0 aliphatic carbocycles. The Kier molecular flexibility index (Phi) is 2.93. The molecule has 1 aromatic carbocycles. The second kappa shape index (κ2) is 4.21. The van der Waals surface area contributed by atoms with Crippen molar-refractivity contribution in [3.05, 3.63) is 34.9 Å². The molecule has 1 saturated heterocycles. The molecule has 0 aromatic heterocycles. The van der Waals surface area contributed by atoms with Crippen molar-refractivity contribution >= 4 is 17.5 Å². The highest BCUT2D eigenvalue weighted by atomic mass is 35.5. The molecule has 1 aromatic rings. The topological polar surface area (TPSA) is 32.3 Å². The van der Waals surface area contributed by atoms with Crippen LogP contribution in [0.2, 0.25) is 5.02 Å². The number of rotatable bonds is 1. The Morgan fingerprint density at radius 1 is 1.53 bits per heavy atom. The van der Waals surface area contributed by atoms with E-state index < -0.39 is 0 Å². The second-order valence-electron chi connectivity index (χ2n) is 3.76. The molecule has 1 amide bonds. The minimum Gasteiger partial charge on any atom is -0.343 e. The van der Waals surface area contributed by atoms with E-state index in [0.29, 0.717) is 13.1 Å². The Labute approximate surface area is 94.0 Å². The van der Waals surface area contributed by atoms with Crippen molar-refractivity contribution in [2.75, 3.05) is 20.1 Å². The Morgan fingerprint density at radius 2 is 2.33 bits per heavy atom. The van der Waals surface area contributed by atoms with Crippen LogP contribution in [0.25, 0.3) is 0 Å². The summed E-state index contributed by atoms with van der Waals surface area (Å²) < 4.78 is 0. The van der Waals surface area contributed by atoms with E-state index in [-0.39, 0.29) is 11.9 Å². The van der Waals surface area contributed by atoms with Crippen molar-refractivity contribution in [3.63, 3.8) is 0 Å². The van der Waals surface area contributed by atoms with Gasteiger partial charge < -0.3 is 4.90 Å². The van der Waals surface area contributed by atoms with Gasteiger partial charge in [0.05, 0.1) is 12.6 Å². The van der Waals surface area contributed by atoms with Gasteiger partial charge in [0.25, 0.3) is 0 Å². The molecule has 0 saturated carbocycles. The summed E-state index contributed by atoms with van der Waals surface area (Å²) in [6, 6.07) is 7.92.